The van der Waals surface area contributed by atoms with Gasteiger partial charge in [0.15, 0.2) is 6.10 Å². The molecule has 0 saturated carbocycles. The van der Waals surface area contributed by atoms with Gasteiger partial charge in [-0.1, -0.05) is 25.1 Å². The predicted molar refractivity (Wildman–Crippen MR) is 92.4 cm³/mol. The third kappa shape index (κ3) is 4.38. The van der Waals surface area contributed by atoms with Crippen LogP contribution in [0.15, 0.2) is 24.3 Å². The number of alkyl carbamates (subject to hydrolysis) is 1. The first-order valence-corrected chi connectivity index (χ1v) is 8.34. The maximum absolute atomic E-state index is 12.3. The summed E-state index contributed by atoms with van der Waals surface area (Å²) in [6.07, 6.45) is -1.33. The molecule has 0 aliphatic carbocycles. The molecule has 1 aromatic rings. The van der Waals surface area contributed by atoms with Crippen molar-refractivity contribution < 1.29 is 28.7 Å². The molecule has 8 heteroatoms. The van der Waals surface area contributed by atoms with E-state index in [1.165, 1.54) is 6.92 Å². The van der Waals surface area contributed by atoms with Gasteiger partial charge in [-0.05, 0) is 25.0 Å². The molecule has 1 saturated heterocycles. The number of hydrogen-bond donors (Lipinski definition) is 1. The van der Waals surface area contributed by atoms with Crippen LogP contribution in [0.5, 0.6) is 0 Å². The van der Waals surface area contributed by atoms with Crippen molar-refractivity contribution in [2.24, 2.45) is 5.92 Å². The second-order valence-electron chi connectivity index (χ2n) is 5.95. The van der Waals surface area contributed by atoms with Gasteiger partial charge in [0.05, 0.1) is 13.0 Å². The number of aryl methyl sites for hydroxylation is 1. The number of methoxy groups -OCH3 is 1. The molecule has 2 atom stereocenters. The third-order valence-electron chi connectivity index (χ3n) is 4.19. The summed E-state index contributed by atoms with van der Waals surface area (Å²) in [6.45, 7) is 3.53. The fraction of sp³-hybridized carbons (Fsp3) is 0.444. The molecule has 0 aromatic heterocycles. The van der Waals surface area contributed by atoms with Crippen LogP contribution in [0.4, 0.5) is 10.5 Å². The van der Waals surface area contributed by atoms with E-state index >= 15 is 0 Å². The number of benzene rings is 1. The lowest BCUT2D eigenvalue weighted by molar-refractivity contribution is -0.158. The third-order valence-corrected chi connectivity index (χ3v) is 4.19. The van der Waals surface area contributed by atoms with Crippen molar-refractivity contribution in [2.75, 3.05) is 18.6 Å². The van der Waals surface area contributed by atoms with E-state index in [4.69, 9.17) is 4.74 Å². The predicted octanol–water partition coefficient (Wildman–Crippen LogP) is 1.42. The topological polar surface area (TPSA) is 102 Å². The summed E-state index contributed by atoms with van der Waals surface area (Å²) in [7, 11) is 1.12. The molecule has 26 heavy (non-hydrogen) atoms. The number of carbonyl (C=O) groups excluding carboxylic acids is 4. The number of amides is 3. The van der Waals surface area contributed by atoms with Gasteiger partial charge < -0.3 is 14.4 Å². The number of imide groups is 1. The highest BCUT2D eigenvalue weighted by atomic mass is 16.6. The molecule has 2 rings (SSSR count). The Labute approximate surface area is 151 Å². The Morgan fingerprint density at radius 2 is 2.00 bits per heavy atom. The SMILES string of the molecule is CCc1ccccc1N1C[C@H](C(=O)O[C@@H](C)C(=O)NC(=O)OC)CC1=O. The molecule has 0 spiro atoms. The highest BCUT2D eigenvalue weighted by Gasteiger charge is 2.38. The number of carbonyl (C=O) groups is 4. The summed E-state index contributed by atoms with van der Waals surface area (Å²) < 4.78 is 9.40. The summed E-state index contributed by atoms with van der Waals surface area (Å²) in [6, 6.07) is 7.52. The molecule has 1 heterocycles. The summed E-state index contributed by atoms with van der Waals surface area (Å²) in [5.41, 5.74) is 1.80. The number of para-hydroxylation sites is 1. The Kier molecular flexibility index (Phi) is 6.32. The van der Waals surface area contributed by atoms with E-state index in [0.29, 0.717) is 0 Å². The first kappa shape index (κ1) is 19.4. The van der Waals surface area contributed by atoms with Gasteiger partial charge in [-0.2, -0.15) is 0 Å². The molecule has 0 radical (unpaired) electrons. The van der Waals surface area contributed by atoms with Crippen molar-refractivity contribution in [3.05, 3.63) is 29.8 Å². The Balaban J connectivity index is 2.00. The largest absolute Gasteiger partial charge is 0.453 e. The molecule has 1 aromatic carbocycles. The first-order chi connectivity index (χ1) is 12.4. The fourth-order valence-corrected chi connectivity index (χ4v) is 2.75. The number of nitrogens with zero attached hydrogens (tertiary/aromatic N) is 1. The van der Waals surface area contributed by atoms with Crippen LogP contribution in [0.25, 0.3) is 0 Å². The second-order valence-corrected chi connectivity index (χ2v) is 5.95. The fourth-order valence-electron chi connectivity index (χ4n) is 2.75. The van der Waals surface area contributed by atoms with Crippen molar-refractivity contribution in [1.29, 1.82) is 0 Å². The summed E-state index contributed by atoms with van der Waals surface area (Å²) in [4.78, 5) is 49.0. The van der Waals surface area contributed by atoms with E-state index in [9.17, 15) is 19.2 Å². The number of hydrogen-bond acceptors (Lipinski definition) is 6. The molecule has 1 fully saturated rings. The molecule has 3 amide bonds. The number of esters is 1. The van der Waals surface area contributed by atoms with Gasteiger partial charge in [-0.25, -0.2) is 4.79 Å². The lowest BCUT2D eigenvalue weighted by atomic mass is 10.1. The highest BCUT2D eigenvalue weighted by molar-refractivity contribution is 6.00. The van der Waals surface area contributed by atoms with E-state index in [2.05, 4.69) is 4.74 Å². The monoisotopic (exact) mass is 362 g/mol. The summed E-state index contributed by atoms with van der Waals surface area (Å²) >= 11 is 0. The van der Waals surface area contributed by atoms with Crippen molar-refractivity contribution in [3.63, 3.8) is 0 Å². The molecule has 0 unspecified atom stereocenters. The van der Waals surface area contributed by atoms with Gasteiger partial charge in [-0.3, -0.25) is 19.7 Å². The van der Waals surface area contributed by atoms with Crippen LogP contribution < -0.4 is 10.2 Å². The van der Waals surface area contributed by atoms with Gasteiger partial charge in [0.25, 0.3) is 5.91 Å². The molecule has 0 bridgehead atoms. The van der Waals surface area contributed by atoms with Crippen LogP contribution >= 0.6 is 0 Å². The van der Waals surface area contributed by atoms with E-state index in [1.54, 1.807) is 4.90 Å². The van der Waals surface area contributed by atoms with Gasteiger partial charge in [-0.15, -0.1) is 0 Å². The zero-order valence-electron chi connectivity index (χ0n) is 15.0. The van der Waals surface area contributed by atoms with Gasteiger partial charge >= 0.3 is 12.1 Å². The van der Waals surface area contributed by atoms with Crippen LogP contribution in [0.2, 0.25) is 0 Å². The standard InChI is InChI=1S/C18H22N2O6/c1-4-12-7-5-6-8-14(12)20-10-13(9-15(20)21)17(23)26-11(2)16(22)19-18(24)25-3/h5-8,11,13H,4,9-10H2,1-3H3,(H,19,22,24)/t11-,13+/m0/s1. The first-order valence-electron chi connectivity index (χ1n) is 8.34. The minimum atomic E-state index is -1.17. The van der Waals surface area contributed by atoms with E-state index in [0.717, 1.165) is 24.8 Å². The average molecular weight is 362 g/mol. The summed E-state index contributed by atoms with van der Waals surface area (Å²) in [5.74, 6) is -2.27. The lowest BCUT2D eigenvalue weighted by Crippen LogP contribution is -2.40. The van der Waals surface area contributed by atoms with Crippen molar-refractivity contribution >= 4 is 29.6 Å². The number of ether oxygens (including phenoxy) is 2. The molecule has 1 aliphatic heterocycles. The highest BCUT2D eigenvalue weighted by Crippen LogP contribution is 2.29. The average Bonchev–Trinajstić information content (AvgIpc) is 3.03. The van der Waals surface area contributed by atoms with E-state index in [1.807, 2.05) is 36.5 Å². The van der Waals surface area contributed by atoms with Gasteiger partial charge in [0.1, 0.15) is 0 Å². The lowest BCUT2D eigenvalue weighted by Gasteiger charge is -2.20. The quantitative estimate of drug-likeness (QED) is 0.795. The van der Waals surface area contributed by atoms with Gasteiger partial charge in [0.2, 0.25) is 5.91 Å². The molecule has 8 nitrogen and oxygen atoms in total. The molecular weight excluding hydrogens is 340 g/mol. The van der Waals surface area contributed by atoms with E-state index < -0.39 is 30.0 Å². The van der Waals surface area contributed by atoms with Gasteiger partial charge in [0, 0.05) is 18.7 Å². The minimum absolute atomic E-state index is 0.0161. The van der Waals surface area contributed by atoms with Crippen LogP contribution in [-0.4, -0.2) is 43.6 Å². The van der Waals surface area contributed by atoms with Crippen LogP contribution in [-0.2, 0) is 30.3 Å². The van der Waals surface area contributed by atoms with Crippen LogP contribution in [0, 0.1) is 5.92 Å². The normalized spacial score (nSPS) is 17.6. The van der Waals surface area contributed by atoms with Crippen molar-refractivity contribution in [3.8, 4) is 0 Å². The maximum Gasteiger partial charge on any atom is 0.413 e. The Hall–Kier alpha value is -2.90. The number of rotatable bonds is 5. The Morgan fingerprint density at radius 3 is 2.65 bits per heavy atom. The van der Waals surface area contributed by atoms with Crippen molar-refractivity contribution in [2.45, 2.75) is 32.8 Å². The number of anilines is 1. The number of nitrogens with one attached hydrogen (secondary N) is 1. The Morgan fingerprint density at radius 1 is 1.31 bits per heavy atom. The van der Waals surface area contributed by atoms with Crippen molar-refractivity contribution in [1.82, 2.24) is 5.32 Å². The Bertz CT molecular complexity index is 717. The zero-order valence-corrected chi connectivity index (χ0v) is 15.0. The maximum atomic E-state index is 12.3. The second kappa shape index (κ2) is 8.46. The molecule has 140 valence electrons. The minimum Gasteiger partial charge on any atom is -0.453 e. The van der Waals surface area contributed by atoms with Crippen LogP contribution in [0.1, 0.15) is 25.8 Å². The molecule has 1 aliphatic rings. The molecular formula is C18H22N2O6. The van der Waals surface area contributed by atoms with E-state index in [-0.39, 0.29) is 18.9 Å². The molecule has 1 N–H and O–H groups in total. The summed E-state index contributed by atoms with van der Waals surface area (Å²) in [5, 5.41) is 1.93. The smallest absolute Gasteiger partial charge is 0.413 e. The van der Waals surface area contributed by atoms with Crippen LogP contribution in [0.3, 0.4) is 0 Å². The zero-order chi connectivity index (χ0) is 19.3.